The van der Waals surface area contributed by atoms with Gasteiger partial charge in [0.2, 0.25) is 0 Å². The van der Waals surface area contributed by atoms with Gasteiger partial charge in [-0.05, 0) is 25.4 Å². The highest BCUT2D eigenvalue weighted by Crippen LogP contribution is 2.06. The van der Waals surface area contributed by atoms with Gasteiger partial charge in [-0.25, -0.2) is 0 Å². The van der Waals surface area contributed by atoms with Crippen molar-refractivity contribution in [3.05, 3.63) is 0 Å². The van der Waals surface area contributed by atoms with Gasteiger partial charge in [-0.3, -0.25) is 4.90 Å². The first kappa shape index (κ1) is 15.5. The van der Waals surface area contributed by atoms with Gasteiger partial charge in [-0.1, -0.05) is 40.0 Å². The average Bonchev–Trinajstić information content (AvgIpc) is 2.24. The van der Waals surface area contributed by atoms with Gasteiger partial charge < -0.3 is 5.32 Å². The largest absolute Gasteiger partial charge is 0.315 e. The summed E-state index contributed by atoms with van der Waals surface area (Å²) in [6, 6.07) is 0.588. The molecule has 0 aliphatic rings. The maximum absolute atomic E-state index is 5.40. The number of hydrogen-bond donors (Lipinski definition) is 1. The number of nitrogens with one attached hydrogen (secondary N) is 1. The van der Waals surface area contributed by atoms with Crippen LogP contribution in [-0.2, 0) is 0 Å². The van der Waals surface area contributed by atoms with Crippen LogP contribution in [0.1, 0.15) is 40.5 Å². The van der Waals surface area contributed by atoms with E-state index in [0.29, 0.717) is 12.0 Å². The fraction of sp³-hybridized carbons (Fsp3) is 0.857. The van der Waals surface area contributed by atoms with Gasteiger partial charge in [-0.15, -0.1) is 6.42 Å². The van der Waals surface area contributed by atoms with Gasteiger partial charge in [0.25, 0.3) is 0 Å². The third-order valence-corrected chi connectivity index (χ3v) is 2.77. The van der Waals surface area contributed by atoms with Crippen molar-refractivity contribution in [3.63, 3.8) is 0 Å². The Bertz CT molecular complexity index is 193. The van der Waals surface area contributed by atoms with Gasteiger partial charge >= 0.3 is 0 Å². The van der Waals surface area contributed by atoms with Crippen molar-refractivity contribution in [1.29, 1.82) is 0 Å². The zero-order valence-electron chi connectivity index (χ0n) is 11.4. The Balaban J connectivity index is 4.07. The van der Waals surface area contributed by atoms with Crippen LogP contribution in [0.25, 0.3) is 0 Å². The smallest absolute Gasteiger partial charge is 0.0601 e. The lowest BCUT2D eigenvalue weighted by Gasteiger charge is -2.29. The van der Waals surface area contributed by atoms with Gasteiger partial charge in [0.05, 0.1) is 6.54 Å². The van der Waals surface area contributed by atoms with E-state index in [1.807, 2.05) is 0 Å². The fourth-order valence-electron chi connectivity index (χ4n) is 1.90. The Morgan fingerprint density at radius 3 is 2.38 bits per heavy atom. The van der Waals surface area contributed by atoms with E-state index in [1.54, 1.807) is 0 Å². The zero-order chi connectivity index (χ0) is 12.4. The summed E-state index contributed by atoms with van der Waals surface area (Å²) in [5.74, 6) is 3.47. The van der Waals surface area contributed by atoms with Crippen molar-refractivity contribution >= 4 is 0 Å². The van der Waals surface area contributed by atoms with E-state index in [4.69, 9.17) is 6.42 Å². The molecule has 1 atom stereocenters. The van der Waals surface area contributed by atoms with Crippen molar-refractivity contribution in [3.8, 4) is 12.3 Å². The molecule has 0 saturated heterocycles. The van der Waals surface area contributed by atoms with E-state index >= 15 is 0 Å². The highest BCUT2D eigenvalue weighted by molar-refractivity contribution is 4.90. The van der Waals surface area contributed by atoms with E-state index in [-0.39, 0.29) is 0 Å². The minimum absolute atomic E-state index is 0.588. The number of hydrogen-bond acceptors (Lipinski definition) is 2. The zero-order valence-corrected chi connectivity index (χ0v) is 11.4. The predicted octanol–water partition coefficient (Wildman–Crippen LogP) is 2.36. The van der Waals surface area contributed by atoms with Gasteiger partial charge in [-0.2, -0.15) is 0 Å². The molecule has 0 rings (SSSR count). The van der Waals surface area contributed by atoms with Crippen LogP contribution in [0.5, 0.6) is 0 Å². The molecule has 0 bridgehead atoms. The Morgan fingerprint density at radius 2 is 1.94 bits per heavy atom. The van der Waals surface area contributed by atoms with E-state index in [0.717, 1.165) is 26.2 Å². The van der Waals surface area contributed by atoms with Crippen LogP contribution in [0.15, 0.2) is 0 Å². The summed E-state index contributed by atoms with van der Waals surface area (Å²) in [7, 11) is 0. The molecule has 2 heteroatoms. The van der Waals surface area contributed by atoms with Crippen molar-refractivity contribution < 1.29 is 0 Å². The molecule has 0 spiro atoms. The summed E-state index contributed by atoms with van der Waals surface area (Å²) in [5, 5.41) is 3.53. The molecule has 0 heterocycles. The van der Waals surface area contributed by atoms with Crippen LogP contribution in [0, 0.1) is 18.3 Å². The lowest BCUT2D eigenvalue weighted by molar-refractivity contribution is 0.212. The van der Waals surface area contributed by atoms with Crippen LogP contribution in [0.4, 0.5) is 0 Å². The molecule has 16 heavy (non-hydrogen) atoms. The molecule has 0 aromatic carbocycles. The minimum Gasteiger partial charge on any atom is -0.315 e. The first-order valence-corrected chi connectivity index (χ1v) is 6.53. The van der Waals surface area contributed by atoms with E-state index < -0.39 is 0 Å². The molecule has 0 aliphatic carbocycles. The van der Waals surface area contributed by atoms with Crippen LogP contribution >= 0.6 is 0 Å². The Kier molecular flexibility index (Phi) is 9.37. The lowest BCUT2D eigenvalue weighted by Crippen LogP contribution is -2.43. The molecule has 0 saturated carbocycles. The average molecular weight is 224 g/mol. The summed E-state index contributed by atoms with van der Waals surface area (Å²) in [5.41, 5.74) is 0. The van der Waals surface area contributed by atoms with Crippen LogP contribution in [0.3, 0.4) is 0 Å². The number of rotatable bonds is 9. The van der Waals surface area contributed by atoms with Gasteiger partial charge in [0, 0.05) is 12.6 Å². The number of likely N-dealkylation sites (N-methyl/N-ethyl adjacent to an activating group) is 1. The molecule has 0 aromatic rings. The topological polar surface area (TPSA) is 15.3 Å². The number of nitrogens with zero attached hydrogens (tertiary/aromatic N) is 1. The third kappa shape index (κ3) is 6.87. The van der Waals surface area contributed by atoms with Crippen molar-refractivity contribution in [2.45, 2.75) is 46.6 Å². The van der Waals surface area contributed by atoms with E-state index in [1.165, 1.54) is 12.8 Å². The summed E-state index contributed by atoms with van der Waals surface area (Å²) >= 11 is 0. The van der Waals surface area contributed by atoms with E-state index in [9.17, 15) is 0 Å². The Labute approximate surface area is 102 Å². The summed E-state index contributed by atoms with van der Waals surface area (Å²) in [4.78, 5) is 2.39. The maximum atomic E-state index is 5.40. The Morgan fingerprint density at radius 1 is 1.25 bits per heavy atom. The normalized spacial score (nSPS) is 13.1. The first-order chi connectivity index (χ1) is 7.65. The van der Waals surface area contributed by atoms with E-state index in [2.05, 4.69) is 43.8 Å². The second kappa shape index (κ2) is 9.69. The summed E-state index contributed by atoms with van der Waals surface area (Å²) < 4.78 is 0. The second-order valence-corrected chi connectivity index (χ2v) is 4.76. The quantitative estimate of drug-likeness (QED) is 0.605. The van der Waals surface area contributed by atoms with Gasteiger partial charge in [0.1, 0.15) is 0 Å². The molecule has 0 aliphatic heterocycles. The fourth-order valence-corrected chi connectivity index (χ4v) is 1.90. The molecular formula is C14H28N2. The molecule has 0 aromatic heterocycles. The summed E-state index contributed by atoms with van der Waals surface area (Å²) in [6.07, 6.45) is 7.84. The first-order valence-electron chi connectivity index (χ1n) is 6.53. The molecule has 94 valence electrons. The summed E-state index contributed by atoms with van der Waals surface area (Å²) in [6.45, 7) is 12.8. The monoisotopic (exact) mass is 224 g/mol. The van der Waals surface area contributed by atoms with Crippen molar-refractivity contribution in [2.75, 3.05) is 26.2 Å². The van der Waals surface area contributed by atoms with Crippen molar-refractivity contribution in [1.82, 2.24) is 10.2 Å². The van der Waals surface area contributed by atoms with Crippen LogP contribution in [0.2, 0.25) is 0 Å². The van der Waals surface area contributed by atoms with Crippen molar-refractivity contribution in [2.24, 2.45) is 5.92 Å². The number of terminal acetylenes is 1. The van der Waals surface area contributed by atoms with Crippen LogP contribution < -0.4 is 5.32 Å². The predicted molar refractivity (Wildman–Crippen MR) is 72.5 cm³/mol. The molecule has 0 radical (unpaired) electrons. The molecule has 1 N–H and O–H groups in total. The molecule has 0 fully saturated rings. The van der Waals surface area contributed by atoms with Crippen LogP contribution in [-0.4, -0.2) is 37.1 Å². The standard InChI is InChI=1S/C14H28N2/c1-6-9-14(12-15-11-13(4)5)16(8-3)10-7-2/h2,13-15H,6,8-12H2,1,3-5H3. The second-order valence-electron chi connectivity index (χ2n) is 4.76. The molecule has 1 unspecified atom stereocenters. The SMILES string of the molecule is C#CCN(CC)C(CCC)CNCC(C)C. The molecular weight excluding hydrogens is 196 g/mol. The minimum atomic E-state index is 0.588. The third-order valence-electron chi connectivity index (χ3n) is 2.77. The maximum Gasteiger partial charge on any atom is 0.0601 e. The highest BCUT2D eigenvalue weighted by Gasteiger charge is 2.14. The van der Waals surface area contributed by atoms with Gasteiger partial charge in [0.15, 0.2) is 0 Å². The Hall–Kier alpha value is -0.520. The molecule has 2 nitrogen and oxygen atoms in total. The lowest BCUT2D eigenvalue weighted by atomic mass is 10.1. The highest BCUT2D eigenvalue weighted by atomic mass is 15.2. The molecule has 0 amide bonds.